The van der Waals surface area contributed by atoms with Gasteiger partial charge in [-0.3, -0.25) is 9.69 Å². The molecule has 4 nitrogen and oxygen atoms in total. The number of carbonyl (C=O) groups is 1. The van der Waals surface area contributed by atoms with Crippen LogP contribution in [0.15, 0.2) is 11.6 Å². The fraction of sp³-hybridized carbons (Fsp3) is 0.786. The molecule has 2 saturated heterocycles. The number of carbonyl (C=O) groups excluding carboxylic acids is 1. The normalized spacial score (nSPS) is 28.3. The summed E-state index contributed by atoms with van der Waals surface area (Å²) in [4.78, 5) is 14.2. The van der Waals surface area contributed by atoms with Crippen molar-refractivity contribution in [3.05, 3.63) is 11.6 Å². The van der Waals surface area contributed by atoms with Crippen LogP contribution in [0.1, 0.15) is 25.7 Å². The maximum atomic E-state index is 11.9. The third-order valence-corrected chi connectivity index (χ3v) is 4.06. The third kappa shape index (κ3) is 4.79. The highest BCUT2D eigenvalue weighted by molar-refractivity contribution is 6.29. The number of hydrogen-bond acceptors (Lipinski definition) is 3. The molecular weight excluding hydrogens is 262 g/mol. The Labute approximate surface area is 120 Å². The van der Waals surface area contributed by atoms with Gasteiger partial charge in [-0.25, -0.2) is 0 Å². The topological polar surface area (TPSA) is 44.4 Å². The molecule has 5 heteroatoms. The van der Waals surface area contributed by atoms with Crippen LogP contribution in [0, 0.1) is 5.92 Å². The van der Waals surface area contributed by atoms with Gasteiger partial charge in [0.15, 0.2) is 0 Å². The molecule has 0 aromatic carbocycles. The van der Waals surface area contributed by atoms with Crippen LogP contribution in [0.2, 0.25) is 0 Å². The first-order chi connectivity index (χ1) is 9.15. The van der Waals surface area contributed by atoms with Crippen LogP contribution < -0.4 is 10.6 Å². The first kappa shape index (κ1) is 14.8. The summed E-state index contributed by atoms with van der Waals surface area (Å²) in [6.45, 7) is 8.34. The Morgan fingerprint density at radius 3 is 2.95 bits per heavy atom. The van der Waals surface area contributed by atoms with Gasteiger partial charge in [0.2, 0.25) is 5.91 Å². The monoisotopic (exact) mass is 285 g/mol. The van der Waals surface area contributed by atoms with E-state index in [1.54, 1.807) is 0 Å². The highest BCUT2D eigenvalue weighted by atomic mass is 35.5. The first-order valence-electron chi connectivity index (χ1n) is 7.22. The minimum atomic E-state index is 0.0299. The van der Waals surface area contributed by atoms with Crippen molar-refractivity contribution in [2.45, 2.75) is 31.7 Å². The van der Waals surface area contributed by atoms with E-state index in [0.29, 0.717) is 11.0 Å². The number of likely N-dealkylation sites (tertiary alicyclic amines) is 1. The predicted octanol–water partition coefficient (Wildman–Crippen LogP) is 1.32. The van der Waals surface area contributed by atoms with Crippen LogP contribution in [0.5, 0.6) is 0 Å². The largest absolute Gasteiger partial charge is 0.354 e. The van der Waals surface area contributed by atoms with Crippen LogP contribution in [-0.4, -0.2) is 49.6 Å². The van der Waals surface area contributed by atoms with Crippen LogP contribution in [0.3, 0.4) is 0 Å². The minimum Gasteiger partial charge on any atom is -0.354 e. The van der Waals surface area contributed by atoms with E-state index in [0.717, 1.165) is 45.6 Å². The van der Waals surface area contributed by atoms with Crippen molar-refractivity contribution < 1.29 is 4.79 Å². The molecule has 2 fully saturated rings. The Morgan fingerprint density at radius 1 is 1.42 bits per heavy atom. The number of halogens is 1. The molecule has 2 atom stereocenters. The van der Waals surface area contributed by atoms with Gasteiger partial charge in [0.25, 0.3) is 0 Å². The molecule has 2 aliphatic heterocycles. The van der Waals surface area contributed by atoms with Gasteiger partial charge < -0.3 is 10.6 Å². The Bertz CT molecular complexity index is 329. The molecular formula is C14H24ClN3O. The summed E-state index contributed by atoms with van der Waals surface area (Å²) in [5, 5.41) is 7.01. The molecule has 2 aliphatic rings. The van der Waals surface area contributed by atoms with Crippen molar-refractivity contribution in [1.82, 2.24) is 15.5 Å². The van der Waals surface area contributed by atoms with E-state index in [2.05, 4.69) is 22.1 Å². The number of nitrogens with zero attached hydrogens (tertiary/aromatic N) is 1. The van der Waals surface area contributed by atoms with Gasteiger partial charge in [0, 0.05) is 24.7 Å². The Kier molecular flexibility index (Phi) is 5.67. The molecule has 1 amide bonds. The molecule has 0 aromatic rings. The lowest BCUT2D eigenvalue weighted by Crippen LogP contribution is -2.45. The minimum absolute atomic E-state index is 0.0299. The summed E-state index contributed by atoms with van der Waals surface area (Å²) in [5.41, 5.74) is 0. The van der Waals surface area contributed by atoms with Crippen LogP contribution in [0.4, 0.5) is 0 Å². The molecule has 2 N–H and O–H groups in total. The van der Waals surface area contributed by atoms with Gasteiger partial charge in [-0.1, -0.05) is 18.2 Å². The predicted molar refractivity (Wildman–Crippen MR) is 78.2 cm³/mol. The van der Waals surface area contributed by atoms with Crippen molar-refractivity contribution in [2.24, 2.45) is 5.92 Å². The summed E-state index contributed by atoms with van der Waals surface area (Å²) in [6, 6.07) is 0.0299. The van der Waals surface area contributed by atoms with E-state index in [-0.39, 0.29) is 11.9 Å². The summed E-state index contributed by atoms with van der Waals surface area (Å²) in [5.74, 6) is 0.700. The average Bonchev–Trinajstić information content (AvgIpc) is 2.89. The molecule has 19 heavy (non-hydrogen) atoms. The fourth-order valence-electron chi connectivity index (χ4n) is 2.98. The Hall–Kier alpha value is -0.580. The van der Waals surface area contributed by atoms with Crippen molar-refractivity contribution in [3.63, 3.8) is 0 Å². The zero-order valence-electron chi connectivity index (χ0n) is 11.5. The van der Waals surface area contributed by atoms with Crippen LogP contribution >= 0.6 is 11.6 Å². The maximum Gasteiger partial charge on any atom is 0.237 e. The number of hydrogen-bond donors (Lipinski definition) is 2. The second-order valence-corrected chi connectivity index (χ2v) is 6.19. The van der Waals surface area contributed by atoms with E-state index < -0.39 is 0 Å². The van der Waals surface area contributed by atoms with Crippen LogP contribution in [0.25, 0.3) is 0 Å². The van der Waals surface area contributed by atoms with E-state index in [1.165, 1.54) is 12.8 Å². The highest BCUT2D eigenvalue weighted by Gasteiger charge is 2.24. The molecule has 0 aromatic heterocycles. The second-order valence-electron chi connectivity index (χ2n) is 5.65. The van der Waals surface area contributed by atoms with Crippen molar-refractivity contribution in [2.75, 3.05) is 32.7 Å². The number of amides is 1. The van der Waals surface area contributed by atoms with Gasteiger partial charge in [0.05, 0.1) is 6.04 Å². The van der Waals surface area contributed by atoms with E-state index in [1.807, 2.05) is 0 Å². The molecule has 0 spiro atoms. The van der Waals surface area contributed by atoms with E-state index in [9.17, 15) is 4.79 Å². The molecule has 2 heterocycles. The quantitative estimate of drug-likeness (QED) is 0.801. The van der Waals surface area contributed by atoms with Gasteiger partial charge in [-0.2, -0.15) is 0 Å². The molecule has 2 unspecified atom stereocenters. The lowest BCUT2D eigenvalue weighted by Gasteiger charge is -2.32. The van der Waals surface area contributed by atoms with Gasteiger partial charge in [-0.05, 0) is 44.7 Å². The lowest BCUT2D eigenvalue weighted by molar-refractivity contribution is -0.123. The molecule has 108 valence electrons. The fourth-order valence-corrected chi connectivity index (χ4v) is 3.15. The second kappa shape index (κ2) is 7.27. The van der Waals surface area contributed by atoms with E-state index >= 15 is 0 Å². The molecule has 0 saturated carbocycles. The lowest BCUT2D eigenvalue weighted by atomic mass is 9.98. The average molecular weight is 286 g/mol. The standard InChI is InChI=1S/C14H24ClN3O/c1-11(15)9-18-7-3-4-12(10-18)8-17-14(19)13-5-2-6-16-13/h12-13,16H,1-10H2,(H,17,19). The molecule has 2 rings (SSSR count). The van der Waals surface area contributed by atoms with Crippen molar-refractivity contribution >= 4 is 17.5 Å². The van der Waals surface area contributed by atoms with Crippen molar-refractivity contribution in [3.8, 4) is 0 Å². The van der Waals surface area contributed by atoms with Gasteiger partial charge in [0.1, 0.15) is 0 Å². The summed E-state index contributed by atoms with van der Waals surface area (Å²) in [7, 11) is 0. The highest BCUT2D eigenvalue weighted by Crippen LogP contribution is 2.17. The molecule has 0 aliphatic carbocycles. The molecule has 0 bridgehead atoms. The number of piperidine rings is 1. The maximum absolute atomic E-state index is 11.9. The summed E-state index contributed by atoms with van der Waals surface area (Å²) >= 11 is 5.86. The van der Waals surface area contributed by atoms with Crippen LogP contribution in [-0.2, 0) is 4.79 Å². The summed E-state index contributed by atoms with van der Waals surface area (Å²) < 4.78 is 0. The Morgan fingerprint density at radius 2 is 2.26 bits per heavy atom. The van der Waals surface area contributed by atoms with E-state index in [4.69, 9.17) is 11.6 Å². The van der Waals surface area contributed by atoms with Gasteiger partial charge in [-0.15, -0.1) is 0 Å². The Balaban J connectivity index is 1.70. The summed E-state index contributed by atoms with van der Waals surface area (Å²) in [6.07, 6.45) is 4.43. The SMILES string of the molecule is C=C(Cl)CN1CCCC(CNC(=O)C2CCCN2)C1. The third-order valence-electron chi connectivity index (χ3n) is 3.94. The first-order valence-corrected chi connectivity index (χ1v) is 7.59. The zero-order chi connectivity index (χ0) is 13.7. The van der Waals surface area contributed by atoms with Gasteiger partial charge >= 0.3 is 0 Å². The van der Waals surface area contributed by atoms with Crippen molar-refractivity contribution in [1.29, 1.82) is 0 Å². The smallest absolute Gasteiger partial charge is 0.237 e. The molecule has 0 radical (unpaired) electrons. The zero-order valence-corrected chi connectivity index (χ0v) is 12.2. The number of nitrogens with one attached hydrogen (secondary N) is 2. The number of rotatable bonds is 5.